The minimum atomic E-state index is -0.604. The van der Waals surface area contributed by atoms with Gasteiger partial charge in [0.25, 0.3) is 5.56 Å². The molecule has 6 heteroatoms. The van der Waals surface area contributed by atoms with Crippen LogP contribution in [0.25, 0.3) is 0 Å². The normalized spacial score (nSPS) is 10.3. The number of hydrogen-bond acceptors (Lipinski definition) is 3. The van der Waals surface area contributed by atoms with Crippen LogP contribution in [0.3, 0.4) is 0 Å². The number of halogens is 1. The van der Waals surface area contributed by atoms with Crippen LogP contribution in [0.1, 0.15) is 10.4 Å². The van der Waals surface area contributed by atoms with Gasteiger partial charge in [-0.3, -0.25) is 19.1 Å². The molecule has 1 aromatic heterocycles. The second-order valence-corrected chi connectivity index (χ2v) is 4.51. The Morgan fingerprint density at radius 2 is 1.89 bits per heavy atom. The predicted octanol–water partition coefficient (Wildman–Crippen LogP) is 1.18. The van der Waals surface area contributed by atoms with Crippen molar-refractivity contribution in [3.63, 3.8) is 0 Å². The molecule has 0 saturated heterocycles. The lowest BCUT2D eigenvalue weighted by Gasteiger charge is -2.04. The molecule has 0 aliphatic heterocycles. The van der Waals surface area contributed by atoms with Crippen LogP contribution in [0, 0.1) is 0 Å². The van der Waals surface area contributed by atoms with Gasteiger partial charge in [-0.15, -0.1) is 0 Å². The first-order valence-corrected chi connectivity index (χ1v) is 5.95. The molecule has 0 atom stereocenters. The third-order valence-electron chi connectivity index (χ3n) is 2.38. The molecule has 0 bridgehead atoms. The average Bonchev–Trinajstić information content (AvgIpc) is 2.37. The topological polar surface area (TPSA) is 71.9 Å². The number of hydrogen-bond donors (Lipinski definition) is 1. The number of nitrogens with zero attached hydrogens (tertiary/aromatic N) is 1. The lowest BCUT2D eigenvalue weighted by Crippen LogP contribution is -2.31. The van der Waals surface area contributed by atoms with Crippen molar-refractivity contribution < 1.29 is 4.79 Å². The quantitative estimate of drug-likeness (QED) is 0.866. The van der Waals surface area contributed by atoms with Crippen molar-refractivity contribution in [3.05, 3.63) is 67.4 Å². The summed E-state index contributed by atoms with van der Waals surface area (Å²) in [5, 5.41) is 0. The molecule has 0 spiro atoms. The van der Waals surface area contributed by atoms with Crippen molar-refractivity contribution in [2.75, 3.05) is 0 Å². The Balaban J connectivity index is 2.31. The maximum atomic E-state index is 11.9. The van der Waals surface area contributed by atoms with Gasteiger partial charge < -0.3 is 0 Å². The first kappa shape index (κ1) is 12.5. The van der Waals surface area contributed by atoms with Crippen molar-refractivity contribution in [3.8, 4) is 0 Å². The molecule has 0 amide bonds. The van der Waals surface area contributed by atoms with Crippen LogP contribution < -0.4 is 11.2 Å². The number of H-pyrrole nitrogens is 1. The number of ketones is 1. The number of aromatic nitrogens is 2. The Bertz CT molecular complexity index is 688. The molecule has 2 aromatic rings. The molecule has 0 fully saturated rings. The number of Topliss-reactive ketones (excluding diaryl/α,β-unsaturated/α-hetero) is 1. The first-order chi connectivity index (χ1) is 8.58. The largest absolute Gasteiger partial charge is 0.328 e. The Labute approximate surface area is 110 Å². The summed E-state index contributed by atoms with van der Waals surface area (Å²) in [6, 6.07) is 8.65. The van der Waals surface area contributed by atoms with E-state index in [0.29, 0.717) is 5.56 Å². The predicted molar refractivity (Wildman–Crippen MR) is 69.8 cm³/mol. The molecule has 92 valence electrons. The van der Waals surface area contributed by atoms with Crippen LogP contribution in [0.2, 0.25) is 0 Å². The van der Waals surface area contributed by atoms with E-state index in [4.69, 9.17) is 0 Å². The van der Waals surface area contributed by atoms with Crippen LogP contribution in [0.15, 0.2) is 50.6 Å². The molecule has 0 aliphatic rings. The van der Waals surface area contributed by atoms with E-state index in [-0.39, 0.29) is 16.8 Å². The third kappa shape index (κ3) is 2.65. The molecule has 0 unspecified atom stereocenters. The number of carbonyl (C=O) groups is 1. The van der Waals surface area contributed by atoms with E-state index in [1.54, 1.807) is 30.3 Å². The minimum Gasteiger partial charge on any atom is -0.292 e. The molecule has 18 heavy (non-hydrogen) atoms. The van der Waals surface area contributed by atoms with Gasteiger partial charge in [0.15, 0.2) is 5.78 Å². The van der Waals surface area contributed by atoms with Crippen LogP contribution in [-0.2, 0) is 6.54 Å². The highest BCUT2D eigenvalue weighted by Crippen LogP contribution is 2.03. The molecule has 1 heterocycles. The van der Waals surface area contributed by atoms with Gasteiger partial charge in [-0.25, -0.2) is 4.79 Å². The van der Waals surface area contributed by atoms with Gasteiger partial charge in [0.2, 0.25) is 0 Å². The van der Waals surface area contributed by atoms with Crippen LogP contribution in [0.4, 0.5) is 0 Å². The SMILES string of the molecule is O=C(Cn1cc(Br)c(=O)[nH]c1=O)c1ccccc1. The van der Waals surface area contributed by atoms with Crippen LogP contribution in [-0.4, -0.2) is 15.3 Å². The molecule has 2 rings (SSSR count). The highest BCUT2D eigenvalue weighted by molar-refractivity contribution is 9.10. The number of carbonyl (C=O) groups excluding carboxylic acids is 1. The van der Waals surface area contributed by atoms with E-state index in [1.165, 1.54) is 6.20 Å². The summed E-state index contributed by atoms with van der Waals surface area (Å²) in [6.45, 7) is -0.113. The zero-order valence-corrected chi connectivity index (χ0v) is 10.8. The molecule has 0 saturated carbocycles. The van der Waals surface area contributed by atoms with Gasteiger partial charge in [-0.05, 0) is 15.9 Å². The van der Waals surface area contributed by atoms with Crippen molar-refractivity contribution in [1.82, 2.24) is 9.55 Å². The molecule has 1 aromatic carbocycles. The Morgan fingerprint density at radius 3 is 2.56 bits per heavy atom. The summed E-state index contributed by atoms with van der Waals surface area (Å²) < 4.78 is 1.36. The van der Waals surface area contributed by atoms with Gasteiger partial charge in [0.05, 0.1) is 11.0 Å². The molecule has 5 nitrogen and oxygen atoms in total. The minimum absolute atomic E-state index is 0.113. The number of benzene rings is 1. The van der Waals surface area contributed by atoms with E-state index in [1.807, 2.05) is 0 Å². The number of rotatable bonds is 3. The summed E-state index contributed by atoms with van der Waals surface area (Å²) in [5.41, 5.74) is -0.595. The van der Waals surface area contributed by atoms with Crippen molar-refractivity contribution >= 4 is 21.7 Å². The summed E-state index contributed by atoms with van der Waals surface area (Å²) in [4.78, 5) is 36.7. The van der Waals surface area contributed by atoms with E-state index >= 15 is 0 Å². The van der Waals surface area contributed by atoms with Gasteiger partial charge in [-0.2, -0.15) is 0 Å². The lowest BCUT2D eigenvalue weighted by atomic mass is 10.1. The average molecular weight is 309 g/mol. The Hall–Kier alpha value is -1.95. The Kier molecular flexibility index (Phi) is 3.57. The van der Waals surface area contributed by atoms with E-state index in [0.717, 1.165) is 4.57 Å². The van der Waals surface area contributed by atoms with Gasteiger partial charge in [0, 0.05) is 11.8 Å². The van der Waals surface area contributed by atoms with Gasteiger partial charge in [0.1, 0.15) is 0 Å². The van der Waals surface area contributed by atoms with Crippen molar-refractivity contribution in [2.45, 2.75) is 6.54 Å². The van der Waals surface area contributed by atoms with Gasteiger partial charge >= 0.3 is 5.69 Å². The molecular weight excluding hydrogens is 300 g/mol. The third-order valence-corrected chi connectivity index (χ3v) is 2.94. The van der Waals surface area contributed by atoms with E-state index in [2.05, 4.69) is 20.9 Å². The van der Waals surface area contributed by atoms with Crippen LogP contribution >= 0.6 is 15.9 Å². The van der Waals surface area contributed by atoms with Crippen LogP contribution in [0.5, 0.6) is 0 Å². The summed E-state index contributed by atoms with van der Waals surface area (Å²) in [5.74, 6) is -0.198. The zero-order chi connectivity index (χ0) is 13.1. The molecule has 0 radical (unpaired) electrons. The summed E-state index contributed by atoms with van der Waals surface area (Å²) in [7, 11) is 0. The fourth-order valence-corrected chi connectivity index (χ4v) is 1.82. The second kappa shape index (κ2) is 5.14. The van der Waals surface area contributed by atoms with E-state index in [9.17, 15) is 14.4 Å². The highest BCUT2D eigenvalue weighted by Gasteiger charge is 2.08. The molecule has 1 N–H and O–H groups in total. The number of nitrogens with one attached hydrogen (secondary N) is 1. The fourth-order valence-electron chi connectivity index (χ4n) is 1.47. The second-order valence-electron chi connectivity index (χ2n) is 3.65. The zero-order valence-electron chi connectivity index (χ0n) is 9.22. The highest BCUT2D eigenvalue weighted by atomic mass is 79.9. The standard InChI is InChI=1S/C12H9BrN2O3/c13-9-6-15(12(18)14-11(9)17)7-10(16)8-4-2-1-3-5-8/h1-6H,7H2,(H,14,17,18). The molecule has 0 aliphatic carbocycles. The van der Waals surface area contributed by atoms with Crippen molar-refractivity contribution in [1.29, 1.82) is 0 Å². The maximum absolute atomic E-state index is 11.9. The van der Waals surface area contributed by atoms with E-state index < -0.39 is 11.2 Å². The maximum Gasteiger partial charge on any atom is 0.328 e. The monoisotopic (exact) mass is 308 g/mol. The molecular formula is C12H9BrN2O3. The van der Waals surface area contributed by atoms with Crippen molar-refractivity contribution in [2.24, 2.45) is 0 Å². The Morgan fingerprint density at radius 1 is 1.22 bits per heavy atom. The summed E-state index contributed by atoms with van der Waals surface area (Å²) in [6.07, 6.45) is 1.31. The lowest BCUT2D eigenvalue weighted by molar-refractivity contribution is 0.0970. The first-order valence-electron chi connectivity index (χ1n) is 5.15. The summed E-state index contributed by atoms with van der Waals surface area (Å²) >= 11 is 3.01. The van der Waals surface area contributed by atoms with Gasteiger partial charge in [-0.1, -0.05) is 30.3 Å². The fraction of sp³-hybridized carbons (Fsp3) is 0.0833. The number of aromatic amines is 1. The smallest absolute Gasteiger partial charge is 0.292 e.